The van der Waals surface area contributed by atoms with Gasteiger partial charge in [0.1, 0.15) is 5.82 Å². The second-order valence-electron chi connectivity index (χ2n) is 5.38. The highest BCUT2D eigenvalue weighted by atomic mass is 19.1. The van der Waals surface area contributed by atoms with Crippen molar-refractivity contribution in [2.45, 2.75) is 19.9 Å². The van der Waals surface area contributed by atoms with E-state index in [1.807, 2.05) is 6.92 Å². The summed E-state index contributed by atoms with van der Waals surface area (Å²) in [6.07, 6.45) is 0. The molecule has 1 aromatic rings. The number of carbonyl (C=O) groups is 2. The maximum Gasteiger partial charge on any atom is 0.282 e. The third-order valence-corrected chi connectivity index (χ3v) is 3.97. The molecule has 1 atom stereocenters. The molecule has 1 fully saturated rings. The van der Waals surface area contributed by atoms with E-state index in [-0.39, 0.29) is 23.7 Å². The lowest BCUT2D eigenvalue weighted by Gasteiger charge is -2.34. The van der Waals surface area contributed by atoms with Crippen LogP contribution in [-0.2, 0) is 9.59 Å². The summed E-state index contributed by atoms with van der Waals surface area (Å²) in [7, 11) is 0. The minimum absolute atomic E-state index is 0.0810. The van der Waals surface area contributed by atoms with E-state index < -0.39 is 0 Å². The molecule has 1 saturated heterocycles. The lowest BCUT2D eigenvalue weighted by Crippen LogP contribution is -3.19. The van der Waals surface area contributed by atoms with Gasteiger partial charge >= 0.3 is 0 Å². The van der Waals surface area contributed by atoms with Crippen LogP contribution in [0.1, 0.15) is 13.8 Å². The molecule has 0 spiro atoms. The molecule has 114 valence electrons. The Bertz CT molecular complexity index is 510. The third-order valence-electron chi connectivity index (χ3n) is 3.97. The standard InChI is InChI=1S/C15H20FN3O2/c1-11(18-7-9-19(10-8-18)12(2)20)15(21)17-14-5-3-13(16)4-6-14/h3-6,11H,7-10H2,1-2H3,(H,17,21)/p+1/t11-/m0/s1. The van der Waals surface area contributed by atoms with E-state index in [0.717, 1.165) is 18.0 Å². The predicted molar refractivity (Wildman–Crippen MR) is 77.4 cm³/mol. The van der Waals surface area contributed by atoms with Gasteiger partial charge in [0, 0.05) is 12.6 Å². The van der Waals surface area contributed by atoms with Crippen molar-refractivity contribution in [2.75, 3.05) is 31.5 Å². The molecule has 1 heterocycles. The van der Waals surface area contributed by atoms with Crippen LogP contribution in [0.2, 0.25) is 0 Å². The minimum atomic E-state index is -0.327. The van der Waals surface area contributed by atoms with Gasteiger partial charge in [-0.2, -0.15) is 0 Å². The molecule has 2 rings (SSSR count). The van der Waals surface area contributed by atoms with Crippen LogP contribution >= 0.6 is 0 Å². The van der Waals surface area contributed by atoms with Gasteiger partial charge in [-0.25, -0.2) is 4.39 Å². The fraction of sp³-hybridized carbons (Fsp3) is 0.467. The Morgan fingerprint density at radius 1 is 1.24 bits per heavy atom. The van der Waals surface area contributed by atoms with Crippen molar-refractivity contribution in [1.29, 1.82) is 0 Å². The van der Waals surface area contributed by atoms with Crippen molar-refractivity contribution >= 4 is 17.5 Å². The molecule has 1 aromatic carbocycles. The molecular weight excluding hydrogens is 273 g/mol. The summed E-state index contributed by atoms with van der Waals surface area (Å²) in [6, 6.07) is 5.52. The average Bonchev–Trinajstić information content (AvgIpc) is 2.49. The van der Waals surface area contributed by atoms with Crippen LogP contribution in [0.5, 0.6) is 0 Å². The molecule has 1 aliphatic rings. The molecule has 21 heavy (non-hydrogen) atoms. The number of nitrogens with zero attached hydrogens (tertiary/aromatic N) is 1. The number of rotatable bonds is 3. The zero-order chi connectivity index (χ0) is 15.4. The Balaban J connectivity index is 1.88. The molecule has 5 nitrogen and oxygen atoms in total. The second-order valence-corrected chi connectivity index (χ2v) is 5.38. The van der Waals surface area contributed by atoms with Gasteiger partial charge in [0.25, 0.3) is 5.91 Å². The molecule has 0 saturated carbocycles. The van der Waals surface area contributed by atoms with Crippen molar-refractivity contribution in [3.63, 3.8) is 0 Å². The number of nitrogens with one attached hydrogen (secondary N) is 2. The molecule has 0 aromatic heterocycles. The molecule has 0 aliphatic carbocycles. The number of hydrogen-bond donors (Lipinski definition) is 2. The monoisotopic (exact) mass is 294 g/mol. The summed E-state index contributed by atoms with van der Waals surface area (Å²) in [5.41, 5.74) is 0.593. The molecule has 6 heteroatoms. The highest BCUT2D eigenvalue weighted by Gasteiger charge is 2.29. The number of halogens is 1. The quantitative estimate of drug-likeness (QED) is 0.818. The smallest absolute Gasteiger partial charge is 0.282 e. The molecule has 0 unspecified atom stereocenters. The summed E-state index contributed by atoms with van der Waals surface area (Å²) < 4.78 is 12.8. The Hall–Kier alpha value is -1.95. The van der Waals surface area contributed by atoms with Gasteiger partial charge in [-0.15, -0.1) is 0 Å². The van der Waals surface area contributed by atoms with Crippen molar-refractivity contribution in [3.05, 3.63) is 30.1 Å². The fourth-order valence-electron chi connectivity index (χ4n) is 2.51. The zero-order valence-electron chi connectivity index (χ0n) is 12.4. The number of quaternary nitrogens is 1. The van der Waals surface area contributed by atoms with Crippen molar-refractivity contribution < 1.29 is 18.9 Å². The summed E-state index contributed by atoms with van der Waals surface area (Å²) in [4.78, 5) is 26.4. The van der Waals surface area contributed by atoms with Gasteiger partial charge in [0.2, 0.25) is 5.91 Å². The first-order chi connectivity index (χ1) is 9.97. The van der Waals surface area contributed by atoms with Gasteiger partial charge in [-0.1, -0.05) is 0 Å². The minimum Gasteiger partial charge on any atom is -0.332 e. The summed E-state index contributed by atoms with van der Waals surface area (Å²) in [6.45, 7) is 6.32. The number of amides is 2. The third kappa shape index (κ3) is 4.01. The van der Waals surface area contributed by atoms with Crippen LogP contribution in [0.4, 0.5) is 10.1 Å². The normalized spacial score (nSPS) is 17.4. The molecule has 1 aliphatic heterocycles. The van der Waals surface area contributed by atoms with Gasteiger partial charge in [-0.3, -0.25) is 9.59 Å². The highest BCUT2D eigenvalue weighted by Crippen LogP contribution is 2.08. The second kappa shape index (κ2) is 6.67. The van der Waals surface area contributed by atoms with E-state index >= 15 is 0 Å². The number of anilines is 1. The maximum absolute atomic E-state index is 12.8. The molecule has 0 bridgehead atoms. The summed E-state index contributed by atoms with van der Waals surface area (Å²) in [5.74, 6) is -0.336. The number of hydrogen-bond acceptors (Lipinski definition) is 2. The van der Waals surface area contributed by atoms with Crippen LogP contribution in [0.25, 0.3) is 0 Å². The van der Waals surface area contributed by atoms with E-state index in [0.29, 0.717) is 18.8 Å². The van der Waals surface area contributed by atoms with Gasteiger partial charge in [-0.05, 0) is 31.2 Å². The number of carbonyl (C=O) groups excluding carboxylic acids is 2. The van der Waals surface area contributed by atoms with Crippen LogP contribution in [0.15, 0.2) is 24.3 Å². The van der Waals surface area contributed by atoms with E-state index in [1.54, 1.807) is 24.0 Å². The van der Waals surface area contributed by atoms with Crippen LogP contribution in [0, 0.1) is 5.82 Å². The zero-order valence-corrected chi connectivity index (χ0v) is 12.4. The summed E-state index contributed by atoms with van der Waals surface area (Å²) >= 11 is 0. The highest BCUT2D eigenvalue weighted by molar-refractivity contribution is 5.93. The average molecular weight is 294 g/mol. The van der Waals surface area contributed by atoms with E-state index in [9.17, 15) is 14.0 Å². The van der Waals surface area contributed by atoms with Gasteiger partial charge in [0.05, 0.1) is 26.2 Å². The van der Waals surface area contributed by atoms with Crippen LogP contribution in [-0.4, -0.2) is 48.9 Å². The van der Waals surface area contributed by atoms with Crippen LogP contribution in [0.3, 0.4) is 0 Å². The number of piperazine rings is 1. The van der Waals surface area contributed by atoms with Crippen molar-refractivity contribution in [3.8, 4) is 0 Å². The largest absolute Gasteiger partial charge is 0.332 e. The lowest BCUT2D eigenvalue weighted by atomic mass is 10.2. The van der Waals surface area contributed by atoms with E-state index in [4.69, 9.17) is 0 Å². The first-order valence-electron chi connectivity index (χ1n) is 7.14. The molecule has 0 radical (unpaired) electrons. The topological polar surface area (TPSA) is 53.9 Å². The molecular formula is C15H21FN3O2+. The predicted octanol–water partition coefficient (Wildman–Crippen LogP) is -0.100. The Morgan fingerprint density at radius 3 is 2.33 bits per heavy atom. The molecule has 2 amide bonds. The fourth-order valence-corrected chi connectivity index (χ4v) is 2.51. The van der Waals surface area contributed by atoms with E-state index in [2.05, 4.69) is 5.32 Å². The lowest BCUT2D eigenvalue weighted by molar-refractivity contribution is -0.917. The first-order valence-corrected chi connectivity index (χ1v) is 7.14. The van der Waals surface area contributed by atoms with E-state index in [1.165, 1.54) is 12.1 Å². The Morgan fingerprint density at radius 2 is 1.81 bits per heavy atom. The van der Waals surface area contributed by atoms with Crippen molar-refractivity contribution in [1.82, 2.24) is 4.90 Å². The molecule has 2 N–H and O–H groups in total. The number of benzene rings is 1. The summed E-state index contributed by atoms with van der Waals surface area (Å²) in [5, 5.41) is 2.79. The van der Waals surface area contributed by atoms with Gasteiger partial charge in [0.15, 0.2) is 6.04 Å². The van der Waals surface area contributed by atoms with Gasteiger partial charge < -0.3 is 15.1 Å². The van der Waals surface area contributed by atoms with Crippen LogP contribution < -0.4 is 10.2 Å². The van der Waals surface area contributed by atoms with Crippen molar-refractivity contribution in [2.24, 2.45) is 0 Å². The Labute approximate surface area is 123 Å². The maximum atomic E-state index is 12.8. The Kier molecular flexibility index (Phi) is 4.90. The first kappa shape index (κ1) is 15.4. The SMILES string of the molecule is CC(=O)N1CC[NH+]([C@@H](C)C(=O)Nc2ccc(F)cc2)CC1.